The van der Waals surface area contributed by atoms with Crippen molar-refractivity contribution in [2.75, 3.05) is 65.0 Å². The highest BCUT2D eigenvalue weighted by molar-refractivity contribution is 5.99. The van der Waals surface area contributed by atoms with E-state index in [0.717, 1.165) is 112 Å². The van der Waals surface area contributed by atoms with Gasteiger partial charge in [0.25, 0.3) is 23.6 Å². The molecule has 4 bridgehead atoms. The fourth-order valence-corrected chi connectivity index (χ4v) is 12.8. The molecule has 0 radical (unpaired) electrons. The van der Waals surface area contributed by atoms with Crippen molar-refractivity contribution in [3.63, 3.8) is 0 Å². The van der Waals surface area contributed by atoms with Crippen molar-refractivity contribution in [1.82, 2.24) is 68.9 Å². The van der Waals surface area contributed by atoms with Crippen molar-refractivity contribution in [1.29, 1.82) is 0 Å². The van der Waals surface area contributed by atoms with Crippen molar-refractivity contribution in [2.45, 2.75) is 153 Å². The van der Waals surface area contributed by atoms with Gasteiger partial charge in [0.05, 0.1) is 23.2 Å². The summed E-state index contributed by atoms with van der Waals surface area (Å²) >= 11 is 0. The summed E-state index contributed by atoms with van der Waals surface area (Å²) in [6.45, 7) is 8.04. The number of aromatic nitrogens is 8. The smallest absolute Gasteiger partial charge is 0.410 e. The Labute approximate surface area is 472 Å². The van der Waals surface area contributed by atoms with Crippen molar-refractivity contribution in [3.05, 3.63) is 83.7 Å². The number of ether oxygens (including phenoxy) is 1. The summed E-state index contributed by atoms with van der Waals surface area (Å²) in [4.78, 5) is 102. The highest BCUT2D eigenvalue weighted by atomic mass is 16.6. The van der Waals surface area contributed by atoms with E-state index in [1.165, 1.54) is 12.8 Å². The van der Waals surface area contributed by atoms with Gasteiger partial charge in [-0.15, -0.1) is 0 Å². The normalized spacial score (nSPS) is 21.1. The summed E-state index contributed by atoms with van der Waals surface area (Å²) < 4.78 is 9.82. The van der Waals surface area contributed by atoms with Crippen molar-refractivity contribution >= 4 is 75.3 Å². The van der Waals surface area contributed by atoms with E-state index < -0.39 is 5.60 Å². The van der Waals surface area contributed by atoms with E-state index in [-0.39, 0.29) is 53.9 Å². The summed E-state index contributed by atoms with van der Waals surface area (Å²) in [5.41, 5.74) is 3.28. The first-order chi connectivity index (χ1) is 38.9. The summed E-state index contributed by atoms with van der Waals surface area (Å²) in [5, 5.41) is 11.6. The summed E-state index contributed by atoms with van der Waals surface area (Å²) in [6.07, 6.45) is 21.5. The number of fused-ring (bicyclic) bond motifs is 6. The molecule has 10 heterocycles. The minimum atomic E-state index is -0.560. The lowest BCUT2D eigenvalue weighted by Gasteiger charge is -2.41. The Morgan fingerprint density at radius 3 is 1.37 bits per heavy atom. The van der Waals surface area contributed by atoms with Gasteiger partial charge in [0, 0.05) is 114 Å². The van der Waals surface area contributed by atoms with Crippen LogP contribution in [0.15, 0.2) is 61.2 Å². The number of hydrogen-bond donors (Lipinski definition) is 3. The molecule has 6 fully saturated rings. The van der Waals surface area contributed by atoms with Crippen LogP contribution in [-0.4, -0.2) is 177 Å². The maximum absolute atomic E-state index is 13.4. The van der Waals surface area contributed by atoms with Crippen LogP contribution in [0, 0.1) is 0 Å². The molecule has 4 aliphatic heterocycles. The van der Waals surface area contributed by atoms with Crippen molar-refractivity contribution < 1.29 is 28.7 Å². The average molecular weight is 1110 g/mol. The van der Waals surface area contributed by atoms with E-state index in [2.05, 4.69) is 45.0 Å². The Kier molecular flexibility index (Phi) is 15.7. The van der Waals surface area contributed by atoms with Gasteiger partial charge < -0.3 is 49.4 Å². The van der Waals surface area contributed by atoms with E-state index in [9.17, 15) is 24.0 Å². The predicted octanol–water partition coefficient (Wildman–Crippen LogP) is 8.35. The van der Waals surface area contributed by atoms with Gasteiger partial charge in [-0.25, -0.2) is 24.7 Å². The number of piperazine rings is 2. The highest BCUT2D eigenvalue weighted by Crippen LogP contribution is 2.37. The molecule has 2 aliphatic carbocycles. The SMILES string of the molecule is CN(C)C(=O)c1cc2cnc(Nc3ccc(C(=O)N4CC5CCC(C4)N5)cn3)nc2n1C1CCCCC1.CN(C)C(=O)c1cc2cnc(Nc3ccc(C(=O)N4CC5CCC(C4)N5C(=O)OC(C)(C)C)cn3)nc2n1C1CCCCC1. The van der Waals surface area contributed by atoms with Crippen LogP contribution in [0.5, 0.6) is 0 Å². The molecule has 5 amide bonds. The first-order valence-electron chi connectivity index (χ1n) is 29.0. The summed E-state index contributed by atoms with van der Waals surface area (Å²) in [7, 11) is 7.07. The number of likely N-dealkylation sites (tertiary alicyclic amines) is 2. The minimum Gasteiger partial charge on any atom is -0.444 e. The maximum Gasteiger partial charge on any atom is 0.410 e. The zero-order chi connectivity index (χ0) is 56.7. The molecule has 6 aliphatic rings. The number of nitrogens with one attached hydrogen (secondary N) is 3. The number of carbonyl (C=O) groups is 5. The van der Waals surface area contributed by atoms with Gasteiger partial charge in [0.2, 0.25) is 11.9 Å². The van der Waals surface area contributed by atoms with E-state index in [1.54, 1.807) is 87.0 Å². The highest BCUT2D eigenvalue weighted by Gasteiger charge is 2.46. The van der Waals surface area contributed by atoms with Gasteiger partial charge in [0.1, 0.15) is 39.9 Å². The number of anilines is 4. The van der Waals surface area contributed by atoms with E-state index in [4.69, 9.17) is 14.7 Å². The van der Waals surface area contributed by atoms with Crippen LogP contribution in [-0.2, 0) is 4.74 Å². The third-order valence-electron chi connectivity index (χ3n) is 16.7. The van der Waals surface area contributed by atoms with Crippen LogP contribution >= 0.6 is 0 Å². The standard InChI is InChI=1S/C32H42N8O4.C27H34N8O2/c1-32(2,3)44-31(43)39-23-12-13-24(39)19-38(18-23)28(41)20-11-14-26(33-16-20)35-30-34-17-21-15-25(29(42)37(4)5)40(27(21)36-30)22-9-7-6-8-10-22;1-33(2)26(37)22-12-18-14-29-27(32-24(18)35(22)21-6-4-3-5-7-21)31-23-11-8-17(13-28-23)25(36)34-15-19-9-10-20(16-34)30-19/h11,14-17,22-24H,6-10,12-13,18-19H2,1-5H3,(H,33,34,35,36);8,11-14,19-21,30H,3-7,9-10,15-16H2,1-2H3,(H,28,29,31,32). The first-order valence-corrected chi connectivity index (χ1v) is 29.0. The molecule has 4 saturated heterocycles. The molecule has 4 atom stereocenters. The summed E-state index contributed by atoms with van der Waals surface area (Å²) in [5.74, 6) is 1.70. The lowest BCUT2D eigenvalue weighted by Crippen LogP contribution is -2.57. The van der Waals surface area contributed by atoms with Crippen molar-refractivity contribution in [2.24, 2.45) is 0 Å². The molecule has 6 aromatic heterocycles. The number of nitrogens with zero attached hydrogens (tertiary/aromatic N) is 13. The van der Waals surface area contributed by atoms with Crippen molar-refractivity contribution in [3.8, 4) is 0 Å². The van der Waals surface area contributed by atoms with Gasteiger partial charge in [-0.2, -0.15) is 9.97 Å². The zero-order valence-electron chi connectivity index (χ0n) is 47.7. The average Bonchev–Trinajstić information content (AvgIpc) is 4.28. The van der Waals surface area contributed by atoms with Crippen LogP contribution in [0.1, 0.15) is 164 Å². The Morgan fingerprint density at radius 2 is 0.975 bits per heavy atom. The number of pyridine rings is 2. The van der Waals surface area contributed by atoms with Gasteiger partial charge >= 0.3 is 6.09 Å². The Bertz CT molecular complexity index is 3280. The van der Waals surface area contributed by atoms with Crippen LogP contribution in [0.3, 0.4) is 0 Å². The van der Waals surface area contributed by atoms with Gasteiger partial charge in [-0.05, 0) is 109 Å². The second-order valence-corrected chi connectivity index (χ2v) is 24.2. The van der Waals surface area contributed by atoms with Gasteiger partial charge in [-0.3, -0.25) is 24.1 Å². The molecule has 22 nitrogen and oxygen atoms in total. The number of amides is 5. The van der Waals surface area contributed by atoms with Crippen LogP contribution in [0.4, 0.5) is 28.3 Å². The molecule has 0 spiro atoms. The fraction of sp³-hybridized carbons (Fsp3) is 0.542. The molecule has 6 aromatic rings. The molecule has 12 rings (SSSR count). The number of carbonyl (C=O) groups excluding carboxylic acids is 5. The van der Waals surface area contributed by atoms with Crippen LogP contribution < -0.4 is 16.0 Å². The van der Waals surface area contributed by atoms with E-state index in [0.29, 0.717) is 71.2 Å². The molecule has 428 valence electrons. The molecule has 3 N–H and O–H groups in total. The second-order valence-electron chi connectivity index (χ2n) is 24.2. The van der Waals surface area contributed by atoms with Gasteiger partial charge in [-0.1, -0.05) is 38.5 Å². The predicted molar refractivity (Wildman–Crippen MR) is 307 cm³/mol. The fourth-order valence-electron chi connectivity index (χ4n) is 12.8. The van der Waals surface area contributed by atoms with Crippen LogP contribution in [0.25, 0.3) is 22.1 Å². The monoisotopic (exact) mass is 1100 g/mol. The van der Waals surface area contributed by atoms with E-state index in [1.807, 2.05) is 47.6 Å². The first kappa shape index (κ1) is 55.2. The molecule has 22 heteroatoms. The Hall–Kier alpha value is -7.75. The lowest BCUT2D eigenvalue weighted by atomic mass is 9.95. The molecular formula is C59H76N16O6. The second kappa shape index (κ2) is 23.0. The topological polar surface area (TPSA) is 234 Å². The Balaban J connectivity index is 0.000000173. The van der Waals surface area contributed by atoms with E-state index >= 15 is 0 Å². The van der Waals surface area contributed by atoms with Crippen LogP contribution in [0.2, 0.25) is 0 Å². The molecule has 0 aromatic carbocycles. The molecule has 81 heavy (non-hydrogen) atoms. The third kappa shape index (κ3) is 11.9. The summed E-state index contributed by atoms with van der Waals surface area (Å²) in [6, 6.07) is 12.1. The lowest BCUT2D eigenvalue weighted by molar-refractivity contribution is -0.00337. The van der Waals surface area contributed by atoms with Gasteiger partial charge in [0.15, 0.2) is 0 Å². The Morgan fingerprint density at radius 1 is 0.543 bits per heavy atom. The largest absolute Gasteiger partial charge is 0.444 e. The maximum atomic E-state index is 13.4. The number of hydrogen-bond acceptors (Lipinski definition) is 15. The number of rotatable bonds is 10. The third-order valence-corrected chi connectivity index (χ3v) is 16.7. The molecular weight excluding hydrogens is 1030 g/mol. The quantitative estimate of drug-likeness (QED) is 0.117. The minimum absolute atomic E-state index is 0.0264. The molecule has 4 unspecified atom stereocenters. The molecule has 2 saturated carbocycles. The zero-order valence-corrected chi connectivity index (χ0v) is 47.7.